The van der Waals surface area contributed by atoms with E-state index in [0.717, 1.165) is 64.2 Å². The van der Waals surface area contributed by atoms with Gasteiger partial charge in [0.15, 0.2) is 6.10 Å². The maximum atomic E-state index is 13.0. The molecule has 2 unspecified atom stereocenters. The molecule has 0 amide bonds. The summed E-state index contributed by atoms with van der Waals surface area (Å²) < 4.78 is 23.1. The zero-order chi connectivity index (χ0) is 69.0. The van der Waals surface area contributed by atoms with E-state index < -0.39 is 18.4 Å². The van der Waals surface area contributed by atoms with Crippen molar-refractivity contribution in [3.05, 3.63) is 48.6 Å². The van der Waals surface area contributed by atoms with Gasteiger partial charge in [-0.2, -0.15) is 0 Å². The number of carbonyl (C=O) groups is 3. The molecule has 0 saturated carbocycles. The van der Waals surface area contributed by atoms with Gasteiger partial charge in [0.05, 0.1) is 34.4 Å². The number of unbranched alkanes of at least 4 members (excludes halogenated alkanes) is 56. The molecule has 0 aromatic rings. The molecule has 0 aromatic heterocycles. The minimum absolute atomic E-state index is 0.176. The van der Waals surface area contributed by atoms with Crippen LogP contribution in [0.15, 0.2) is 48.6 Å². The van der Waals surface area contributed by atoms with Crippen LogP contribution in [-0.2, 0) is 33.3 Å². The maximum absolute atomic E-state index is 13.0. The van der Waals surface area contributed by atoms with Gasteiger partial charge in [0.2, 0.25) is 0 Å². The smallest absolute Gasteiger partial charge is 0.361 e. The summed E-state index contributed by atoms with van der Waals surface area (Å²) in [6.45, 7) is 4.85. The number of quaternary nitrogens is 1. The zero-order valence-corrected chi connectivity index (χ0v) is 64.1. The highest BCUT2D eigenvalue weighted by Gasteiger charge is 2.25. The summed E-state index contributed by atoms with van der Waals surface area (Å²) >= 11 is 0. The Kier molecular flexibility index (Phi) is 74.8. The fraction of sp³-hybridized carbons (Fsp3) is 0.872. The Labute approximate surface area is 591 Å². The number of likely N-dealkylation sites (N-methyl/N-ethyl adjacent to an activating group) is 1. The molecule has 0 bridgehead atoms. The molecule has 9 nitrogen and oxygen atoms in total. The molecule has 558 valence electrons. The highest BCUT2D eigenvalue weighted by Crippen LogP contribution is 2.21. The van der Waals surface area contributed by atoms with Crippen LogP contribution in [0.1, 0.15) is 425 Å². The van der Waals surface area contributed by atoms with E-state index in [-0.39, 0.29) is 38.2 Å². The van der Waals surface area contributed by atoms with Crippen molar-refractivity contribution in [2.75, 3.05) is 47.5 Å². The van der Waals surface area contributed by atoms with E-state index in [0.29, 0.717) is 17.4 Å². The third kappa shape index (κ3) is 78.5. The van der Waals surface area contributed by atoms with Gasteiger partial charge in [-0.1, -0.05) is 409 Å². The molecular formula is C86H162NO8+. The highest BCUT2D eigenvalue weighted by atomic mass is 16.7. The summed E-state index contributed by atoms with van der Waals surface area (Å²) in [6.07, 6.45) is 98.7. The quantitative estimate of drug-likeness (QED) is 0.0211. The van der Waals surface area contributed by atoms with Crippen LogP contribution in [0.25, 0.3) is 0 Å². The van der Waals surface area contributed by atoms with Crippen molar-refractivity contribution in [3.8, 4) is 0 Å². The molecular weight excluding hydrogens is 1170 g/mol. The van der Waals surface area contributed by atoms with Crippen LogP contribution >= 0.6 is 0 Å². The lowest BCUT2D eigenvalue weighted by Gasteiger charge is -2.25. The second kappa shape index (κ2) is 77.0. The molecule has 9 heteroatoms. The molecule has 0 fully saturated rings. The van der Waals surface area contributed by atoms with Crippen molar-refractivity contribution < 1.29 is 42.9 Å². The fourth-order valence-electron chi connectivity index (χ4n) is 12.8. The van der Waals surface area contributed by atoms with Crippen LogP contribution < -0.4 is 0 Å². The Balaban J connectivity index is 3.92. The lowest BCUT2D eigenvalue weighted by atomic mass is 10.0. The number of carboxylic acids is 1. The van der Waals surface area contributed by atoms with Crippen LogP contribution in [0.2, 0.25) is 0 Å². The van der Waals surface area contributed by atoms with E-state index in [1.54, 1.807) is 0 Å². The molecule has 2 atom stereocenters. The average Bonchev–Trinajstić information content (AvgIpc) is 3.24. The van der Waals surface area contributed by atoms with Gasteiger partial charge in [-0.05, 0) is 51.4 Å². The summed E-state index contributed by atoms with van der Waals surface area (Å²) in [7, 11) is 6.00. The number of carboxylic acid groups (broad SMARTS) is 1. The predicted molar refractivity (Wildman–Crippen MR) is 410 cm³/mol. The van der Waals surface area contributed by atoms with E-state index >= 15 is 0 Å². The summed E-state index contributed by atoms with van der Waals surface area (Å²) in [4.78, 5) is 37.8. The predicted octanol–water partition coefficient (Wildman–Crippen LogP) is 26.8. The van der Waals surface area contributed by atoms with E-state index in [9.17, 15) is 19.5 Å². The van der Waals surface area contributed by atoms with Crippen molar-refractivity contribution in [1.29, 1.82) is 0 Å². The Morgan fingerprint density at radius 1 is 0.326 bits per heavy atom. The molecule has 1 N–H and O–H groups in total. The standard InChI is InChI=1S/C86H161NO8/c1-6-8-10-12-14-16-18-20-22-24-26-28-30-32-34-36-38-39-40-41-42-43-44-45-47-48-50-52-54-56-58-60-62-64-66-68-70-72-74-76-83(88)93-80-82(81-94-86(85(90)91)92-79-78-87(3,4)5)95-84(89)77-75-73-71-69-67-65-63-61-59-57-55-53-51-49-46-37-35-33-31-29-27-25-23-21-19-17-15-13-11-9-7-2/h9,11,15,17,21,23,27,29,82,86H,6-8,10,12-14,16,18-20,22,24-26,28,30-81H2,1-5H3/p+1/b11-9-,17-15-,23-21-,29-27-. The van der Waals surface area contributed by atoms with Crippen LogP contribution in [0.3, 0.4) is 0 Å². The van der Waals surface area contributed by atoms with Gasteiger partial charge in [0.25, 0.3) is 6.29 Å². The van der Waals surface area contributed by atoms with E-state index in [4.69, 9.17) is 18.9 Å². The molecule has 0 rings (SSSR count). The first-order chi connectivity index (χ1) is 46.6. The zero-order valence-electron chi connectivity index (χ0n) is 64.1. The third-order valence-corrected chi connectivity index (χ3v) is 19.1. The molecule has 0 heterocycles. The number of rotatable bonds is 79. The lowest BCUT2D eigenvalue weighted by Crippen LogP contribution is -2.40. The number of hydrogen-bond donors (Lipinski definition) is 1. The largest absolute Gasteiger partial charge is 0.477 e. The molecule has 0 aliphatic carbocycles. The molecule has 95 heavy (non-hydrogen) atoms. The Morgan fingerprint density at radius 3 is 0.895 bits per heavy atom. The lowest BCUT2D eigenvalue weighted by molar-refractivity contribution is -0.870. The molecule has 0 aliphatic heterocycles. The molecule has 0 aliphatic rings. The number of allylic oxidation sites excluding steroid dienone is 8. The summed E-state index contributed by atoms with van der Waals surface area (Å²) in [5.74, 6) is -1.97. The number of aliphatic carboxylic acids is 1. The minimum atomic E-state index is -1.51. The fourth-order valence-corrected chi connectivity index (χ4v) is 12.8. The summed E-state index contributed by atoms with van der Waals surface area (Å²) in [5, 5.41) is 9.78. The van der Waals surface area contributed by atoms with Crippen LogP contribution in [0.5, 0.6) is 0 Å². The first kappa shape index (κ1) is 92.2. The van der Waals surface area contributed by atoms with E-state index in [1.165, 1.54) is 334 Å². The first-order valence-corrected chi connectivity index (χ1v) is 41.8. The third-order valence-electron chi connectivity index (χ3n) is 19.1. The number of ether oxygens (including phenoxy) is 4. The maximum Gasteiger partial charge on any atom is 0.361 e. The molecule has 0 saturated heterocycles. The van der Waals surface area contributed by atoms with Gasteiger partial charge in [0, 0.05) is 12.8 Å². The second-order valence-electron chi connectivity index (χ2n) is 29.8. The minimum Gasteiger partial charge on any atom is -0.477 e. The number of esters is 2. The number of hydrogen-bond acceptors (Lipinski definition) is 7. The van der Waals surface area contributed by atoms with E-state index in [1.807, 2.05) is 21.1 Å². The Hall–Kier alpha value is -2.75. The van der Waals surface area contributed by atoms with Crippen LogP contribution in [0.4, 0.5) is 0 Å². The molecule has 0 spiro atoms. The number of carbonyl (C=O) groups excluding carboxylic acids is 2. The second-order valence-corrected chi connectivity index (χ2v) is 29.8. The normalized spacial score (nSPS) is 12.8. The van der Waals surface area contributed by atoms with Gasteiger partial charge < -0.3 is 28.5 Å². The van der Waals surface area contributed by atoms with Crippen LogP contribution in [0, 0.1) is 0 Å². The van der Waals surface area contributed by atoms with Crippen LogP contribution in [-0.4, -0.2) is 87.4 Å². The summed E-state index contributed by atoms with van der Waals surface area (Å²) in [5.41, 5.74) is 0. The average molecular weight is 1340 g/mol. The van der Waals surface area contributed by atoms with Gasteiger partial charge in [-0.15, -0.1) is 0 Å². The monoisotopic (exact) mass is 1340 g/mol. The molecule has 0 aromatic carbocycles. The Morgan fingerprint density at radius 2 is 0.600 bits per heavy atom. The van der Waals surface area contributed by atoms with Crippen molar-refractivity contribution in [2.45, 2.75) is 437 Å². The van der Waals surface area contributed by atoms with Gasteiger partial charge in [-0.3, -0.25) is 9.59 Å². The number of nitrogens with zero attached hydrogens (tertiary/aromatic N) is 1. The van der Waals surface area contributed by atoms with Gasteiger partial charge >= 0.3 is 17.9 Å². The van der Waals surface area contributed by atoms with Gasteiger partial charge in [-0.25, -0.2) is 4.79 Å². The first-order valence-electron chi connectivity index (χ1n) is 41.8. The van der Waals surface area contributed by atoms with Crippen molar-refractivity contribution in [1.82, 2.24) is 0 Å². The van der Waals surface area contributed by atoms with E-state index in [2.05, 4.69) is 62.5 Å². The topological polar surface area (TPSA) is 108 Å². The Bertz CT molecular complexity index is 1700. The van der Waals surface area contributed by atoms with Gasteiger partial charge in [0.1, 0.15) is 13.2 Å². The highest BCUT2D eigenvalue weighted by molar-refractivity contribution is 5.71. The van der Waals surface area contributed by atoms with Crippen molar-refractivity contribution in [3.63, 3.8) is 0 Å². The van der Waals surface area contributed by atoms with Crippen molar-refractivity contribution >= 4 is 17.9 Å². The van der Waals surface area contributed by atoms with Crippen molar-refractivity contribution in [2.24, 2.45) is 0 Å². The SMILES string of the molecule is CC/C=C\C/C=C\C/C=C\C/C=C\CCCCCCCCCCCCCCCCCCCCC(=O)OC(COC(=O)CCCCCCCCCCCCCCCCCCCCCCCCCCCCCCCCCCCCCCCCC)COC(OCC[N+](C)(C)C)C(=O)O. The summed E-state index contributed by atoms with van der Waals surface area (Å²) in [6, 6.07) is 0. The molecule has 0 radical (unpaired) electrons.